The molecule has 0 unspecified atom stereocenters. The van der Waals surface area contributed by atoms with Crippen LogP contribution in [0.15, 0.2) is 12.1 Å². The van der Waals surface area contributed by atoms with Crippen molar-refractivity contribution in [3.8, 4) is 0 Å². The van der Waals surface area contributed by atoms with Crippen LogP contribution in [0.2, 0.25) is 5.02 Å². The number of nitrogens with two attached hydrogens (primary N) is 1. The molecule has 2 N–H and O–H groups in total. The molecule has 14 heavy (non-hydrogen) atoms. The Kier molecular flexibility index (Phi) is 2.55. The van der Waals surface area contributed by atoms with Crippen molar-refractivity contribution < 1.29 is 0 Å². The Morgan fingerprint density at radius 2 is 2.14 bits per heavy atom. The number of nitrogen functional groups attached to an aromatic ring is 1. The van der Waals surface area contributed by atoms with Crippen molar-refractivity contribution in [3.05, 3.63) is 22.7 Å². The van der Waals surface area contributed by atoms with E-state index < -0.39 is 0 Å². The van der Waals surface area contributed by atoms with Gasteiger partial charge < -0.3 is 10.6 Å². The first-order chi connectivity index (χ1) is 6.68. The smallest absolute Gasteiger partial charge is 0.0630 e. The van der Waals surface area contributed by atoms with Gasteiger partial charge in [-0.25, -0.2) is 0 Å². The number of hydrogen-bond donors (Lipinski definition) is 1. The summed E-state index contributed by atoms with van der Waals surface area (Å²) in [7, 11) is 2.09. The zero-order chi connectivity index (χ0) is 10.1. The number of benzene rings is 1. The highest BCUT2D eigenvalue weighted by atomic mass is 35.5. The van der Waals surface area contributed by atoms with Crippen LogP contribution in [0.4, 0.5) is 11.4 Å². The fourth-order valence-corrected chi connectivity index (χ4v) is 2.36. The second-order valence-electron chi connectivity index (χ2n) is 3.88. The van der Waals surface area contributed by atoms with E-state index in [1.54, 1.807) is 0 Å². The van der Waals surface area contributed by atoms with Crippen LogP contribution < -0.4 is 10.6 Å². The summed E-state index contributed by atoms with van der Waals surface area (Å²) in [6.07, 6.45) is 3.53. The van der Waals surface area contributed by atoms with Crippen molar-refractivity contribution in [2.24, 2.45) is 0 Å². The highest BCUT2D eigenvalue weighted by Gasteiger charge is 2.15. The number of halogens is 1. The molecule has 2 nitrogen and oxygen atoms in total. The number of hydrogen-bond acceptors (Lipinski definition) is 2. The Bertz CT molecular complexity index is 349. The highest BCUT2D eigenvalue weighted by Crippen LogP contribution is 2.33. The fraction of sp³-hybridized carbons (Fsp3) is 0.455. The number of nitrogens with zero attached hydrogens (tertiary/aromatic N) is 1. The second-order valence-corrected chi connectivity index (χ2v) is 4.32. The second kappa shape index (κ2) is 3.70. The molecular formula is C11H15ClN2. The van der Waals surface area contributed by atoms with Gasteiger partial charge in [0.05, 0.1) is 11.4 Å². The molecule has 3 heteroatoms. The van der Waals surface area contributed by atoms with Crippen LogP contribution in [0.3, 0.4) is 0 Å². The first kappa shape index (κ1) is 9.66. The lowest BCUT2D eigenvalue weighted by Gasteiger charge is -2.21. The number of rotatable bonds is 0. The lowest BCUT2D eigenvalue weighted by Crippen LogP contribution is -2.19. The summed E-state index contributed by atoms with van der Waals surface area (Å²) in [6, 6.07) is 3.87. The third kappa shape index (κ3) is 1.67. The predicted molar refractivity (Wildman–Crippen MR) is 62.1 cm³/mol. The van der Waals surface area contributed by atoms with Crippen LogP contribution in [-0.2, 0) is 6.42 Å². The number of fused-ring (bicyclic) bond motifs is 1. The molecular weight excluding hydrogens is 196 g/mol. The highest BCUT2D eigenvalue weighted by molar-refractivity contribution is 6.31. The molecule has 0 spiro atoms. The maximum Gasteiger partial charge on any atom is 0.0630 e. The van der Waals surface area contributed by atoms with E-state index in [9.17, 15) is 0 Å². The third-order valence-corrected chi connectivity index (χ3v) is 2.97. The van der Waals surface area contributed by atoms with Gasteiger partial charge in [0, 0.05) is 18.6 Å². The summed E-state index contributed by atoms with van der Waals surface area (Å²) in [5.74, 6) is 0. The molecule has 1 aromatic rings. The van der Waals surface area contributed by atoms with Crippen LogP contribution >= 0.6 is 11.6 Å². The largest absolute Gasteiger partial charge is 0.397 e. The summed E-state index contributed by atoms with van der Waals surface area (Å²) in [5, 5.41) is 0.747. The van der Waals surface area contributed by atoms with E-state index in [0.717, 1.165) is 23.7 Å². The SMILES string of the molecule is CN1CCCCc2cc(Cl)cc(N)c21. The van der Waals surface area contributed by atoms with Gasteiger partial charge in [-0.2, -0.15) is 0 Å². The van der Waals surface area contributed by atoms with Gasteiger partial charge >= 0.3 is 0 Å². The Hall–Kier alpha value is -0.890. The van der Waals surface area contributed by atoms with Crippen LogP contribution in [0.5, 0.6) is 0 Å². The quantitative estimate of drug-likeness (QED) is 0.668. The van der Waals surface area contributed by atoms with Crippen molar-refractivity contribution in [3.63, 3.8) is 0 Å². The molecule has 1 aromatic carbocycles. The molecule has 1 aliphatic rings. The van der Waals surface area contributed by atoms with Crippen LogP contribution in [0, 0.1) is 0 Å². The van der Waals surface area contributed by atoms with Gasteiger partial charge in [0.2, 0.25) is 0 Å². The first-order valence-electron chi connectivity index (χ1n) is 4.97. The van der Waals surface area contributed by atoms with Gasteiger partial charge in [-0.15, -0.1) is 0 Å². The van der Waals surface area contributed by atoms with E-state index in [-0.39, 0.29) is 0 Å². The normalized spacial score (nSPS) is 16.3. The molecule has 0 fully saturated rings. The average molecular weight is 211 g/mol. The Balaban J connectivity index is 2.53. The van der Waals surface area contributed by atoms with Crippen LogP contribution in [-0.4, -0.2) is 13.6 Å². The minimum Gasteiger partial charge on any atom is -0.397 e. The number of aryl methyl sites for hydroxylation is 1. The van der Waals surface area contributed by atoms with Crippen LogP contribution in [0.25, 0.3) is 0 Å². The molecule has 0 bridgehead atoms. The molecule has 0 aliphatic carbocycles. The molecule has 0 radical (unpaired) electrons. The van der Waals surface area contributed by atoms with Gasteiger partial charge in [-0.1, -0.05) is 11.6 Å². The Morgan fingerprint density at radius 1 is 1.36 bits per heavy atom. The molecule has 2 rings (SSSR count). The molecule has 1 heterocycles. The van der Waals surface area contributed by atoms with Gasteiger partial charge in [0.25, 0.3) is 0 Å². The predicted octanol–water partition coefficient (Wildman–Crippen LogP) is 2.69. The minimum absolute atomic E-state index is 0.747. The van der Waals surface area contributed by atoms with Gasteiger partial charge in [-0.3, -0.25) is 0 Å². The molecule has 0 aromatic heterocycles. The summed E-state index contributed by atoms with van der Waals surface area (Å²) in [4.78, 5) is 2.23. The van der Waals surface area contributed by atoms with E-state index in [0.29, 0.717) is 0 Å². The van der Waals surface area contributed by atoms with E-state index in [1.165, 1.54) is 24.1 Å². The summed E-state index contributed by atoms with van der Waals surface area (Å²) in [6.45, 7) is 1.08. The van der Waals surface area contributed by atoms with E-state index in [2.05, 4.69) is 11.9 Å². The molecule has 1 aliphatic heterocycles. The standard InChI is InChI=1S/C11H15ClN2/c1-14-5-3-2-4-8-6-9(12)7-10(13)11(8)14/h6-7H,2-5,13H2,1H3. The topological polar surface area (TPSA) is 29.3 Å². The Labute approximate surface area is 89.7 Å². The Morgan fingerprint density at radius 3 is 2.93 bits per heavy atom. The first-order valence-corrected chi connectivity index (χ1v) is 5.35. The van der Waals surface area contributed by atoms with Gasteiger partial charge in [0.1, 0.15) is 0 Å². The van der Waals surface area contributed by atoms with Crippen molar-refractivity contribution in [1.29, 1.82) is 0 Å². The molecule has 0 atom stereocenters. The van der Waals surface area contributed by atoms with E-state index in [4.69, 9.17) is 17.3 Å². The zero-order valence-electron chi connectivity index (χ0n) is 8.39. The minimum atomic E-state index is 0.747. The van der Waals surface area contributed by atoms with Crippen molar-refractivity contribution >= 4 is 23.0 Å². The molecule has 76 valence electrons. The van der Waals surface area contributed by atoms with Gasteiger partial charge in [-0.05, 0) is 37.0 Å². The monoisotopic (exact) mass is 210 g/mol. The third-order valence-electron chi connectivity index (χ3n) is 2.75. The zero-order valence-corrected chi connectivity index (χ0v) is 9.14. The summed E-state index contributed by atoms with van der Waals surface area (Å²) in [5.41, 5.74) is 9.24. The molecule has 0 saturated heterocycles. The lowest BCUT2D eigenvalue weighted by molar-refractivity contribution is 0.750. The fourth-order valence-electron chi connectivity index (χ4n) is 2.11. The van der Waals surface area contributed by atoms with E-state index in [1.807, 2.05) is 12.1 Å². The van der Waals surface area contributed by atoms with Crippen LogP contribution in [0.1, 0.15) is 18.4 Å². The van der Waals surface area contributed by atoms with Gasteiger partial charge in [0.15, 0.2) is 0 Å². The number of anilines is 2. The van der Waals surface area contributed by atoms with Crippen molar-refractivity contribution in [1.82, 2.24) is 0 Å². The summed E-state index contributed by atoms with van der Waals surface area (Å²) < 4.78 is 0. The maximum absolute atomic E-state index is 5.98. The molecule has 0 amide bonds. The van der Waals surface area contributed by atoms with E-state index >= 15 is 0 Å². The maximum atomic E-state index is 5.98. The van der Waals surface area contributed by atoms with Crippen molar-refractivity contribution in [2.45, 2.75) is 19.3 Å². The molecule has 0 saturated carbocycles. The summed E-state index contributed by atoms with van der Waals surface area (Å²) >= 11 is 5.98. The van der Waals surface area contributed by atoms with Crippen molar-refractivity contribution in [2.75, 3.05) is 24.2 Å². The average Bonchev–Trinajstić information content (AvgIpc) is 2.27. The lowest BCUT2D eigenvalue weighted by atomic mass is 10.1.